The molecule has 0 bridgehead atoms. The molecule has 1 aromatic heterocycles. The normalized spacial score (nSPS) is 20.9. The Labute approximate surface area is 109 Å². The third kappa shape index (κ3) is 3.00. The average molecular weight is 274 g/mol. The lowest BCUT2D eigenvalue weighted by Crippen LogP contribution is -2.37. The Morgan fingerprint density at radius 2 is 2.16 bits per heavy atom. The molecule has 0 saturated carbocycles. The van der Waals surface area contributed by atoms with Crippen molar-refractivity contribution < 1.29 is 13.2 Å². The summed E-state index contributed by atoms with van der Waals surface area (Å²) in [6.07, 6.45) is -1.19. The number of halogens is 3. The molecule has 19 heavy (non-hydrogen) atoms. The molecule has 0 radical (unpaired) electrons. The topological polar surface area (TPSA) is 25.2 Å². The van der Waals surface area contributed by atoms with Gasteiger partial charge in [-0.1, -0.05) is 6.92 Å². The third-order valence-corrected chi connectivity index (χ3v) is 3.64. The van der Waals surface area contributed by atoms with E-state index in [1.54, 1.807) is 0 Å². The van der Waals surface area contributed by atoms with Crippen molar-refractivity contribution in [3.63, 3.8) is 0 Å². The number of alkyl halides is 3. The number of hydrogen-bond acceptors (Lipinski definition) is 2. The second kappa shape index (κ2) is 5.36. The van der Waals surface area contributed by atoms with Crippen molar-refractivity contribution in [3.05, 3.63) is 34.2 Å². The number of hydrogen-bond donors (Lipinski definition) is 0. The van der Waals surface area contributed by atoms with Crippen LogP contribution in [0.15, 0.2) is 23.1 Å². The molecular formula is C13H17F3N2O. The van der Waals surface area contributed by atoms with E-state index < -0.39 is 17.3 Å². The third-order valence-electron chi connectivity index (χ3n) is 3.64. The van der Waals surface area contributed by atoms with Crippen LogP contribution >= 0.6 is 0 Å². The molecule has 0 aromatic carbocycles. The molecule has 0 amide bonds. The molecule has 2 rings (SSSR count). The zero-order valence-electron chi connectivity index (χ0n) is 10.8. The van der Waals surface area contributed by atoms with Gasteiger partial charge in [-0.25, -0.2) is 0 Å². The first-order valence-corrected chi connectivity index (χ1v) is 6.44. The van der Waals surface area contributed by atoms with E-state index in [0.717, 1.165) is 32.0 Å². The lowest BCUT2D eigenvalue weighted by molar-refractivity contribution is -0.139. The smallest absolute Gasteiger partial charge is 0.313 e. The number of likely N-dealkylation sites (N-methyl/N-ethyl adjacent to an activating group) is 1. The van der Waals surface area contributed by atoms with Gasteiger partial charge in [0.1, 0.15) is 5.56 Å². The second-order valence-corrected chi connectivity index (χ2v) is 4.80. The van der Waals surface area contributed by atoms with Gasteiger partial charge in [0.2, 0.25) is 0 Å². The maximum absolute atomic E-state index is 12.7. The number of aromatic nitrogens is 1. The number of rotatable bonds is 3. The fraction of sp³-hybridized carbons (Fsp3) is 0.615. The molecule has 1 atom stereocenters. The van der Waals surface area contributed by atoms with Crippen LogP contribution in [0.3, 0.4) is 0 Å². The monoisotopic (exact) mass is 274 g/mol. The highest BCUT2D eigenvalue weighted by molar-refractivity contribution is 5.14. The lowest BCUT2D eigenvalue weighted by atomic mass is 10.2. The fourth-order valence-electron chi connectivity index (χ4n) is 2.64. The van der Waals surface area contributed by atoms with Gasteiger partial charge in [0, 0.05) is 18.8 Å². The number of likely N-dealkylation sites (tertiary alicyclic amines) is 1. The Morgan fingerprint density at radius 3 is 2.79 bits per heavy atom. The molecule has 3 nitrogen and oxygen atoms in total. The van der Waals surface area contributed by atoms with Crippen LogP contribution in [0.1, 0.15) is 25.3 Å². The van der Waals surface area contributed by atoms with Gasteiger partial charge in [-0.05, 0) is 38.1 Å². The first-order valence-electron chi connectivity index (χ1n) is 6.44. The van der Waals surface area contributed by atoms with Crippen LogP contribution in [0.5, 0.6) is 0 Å². The summed E-state index contributed by atoms with van der Waals surface area (Å²) < 4.78 is 39.2. The highest BCUT2D eigenvalue weighted by Gasteiger charge is 2.34. The van der Waals surface area contributed by atoms with Crippen LogP contribution in [0, 0.1) is 0 Å². The van der Waals surface area contributed by atoms with Crippen molar-refractivity contribution in [3.8, 4) is 0 Å². The summed E-state index contributed by atoms with van der Waals surface area (Å²) in [5.41, 5.74) is -2.03. The van der Waals surface area contributed by atoms with Crippen molar-refractivity contribution >= 4 is 0 Å². The number of pyridine rings is 1. The van der Waals surface area contributed by atoms with E-state index in [9.17, 15) is 18.0 Å². The predicted molar refractivity (Wildman–Crippen MR) is 66.0 cm³/mol. The molecule has 0 spiro atoms. The van der Waals surface area contributed by atoms with E-state index in [4.69, 9.17) is 0 Å². The molecule has 1 fully saturated rings. The van der Waals surface area contributed by atoms with Crippen LogP contribution in [0.4, 0.5) is 13.2 Å². The maximum Gasteiger partial charge on any atom is 0.421 e. The average Bonchev–Trinajstić information content (AvgIpc) is 2.77. The Kier molecular flexibility index (Phi) is 3.99. The van der Waals surface area contributed by atoms with Gasteiger partial charge in [0.05, 0.1) is 0 Å². The number of nitrogens with zero attached hydrogens (tertiary/aromatic N) is 2. The van der Waals surface area contributed by atoms with Gasteiger partial charge in [0.15, 0.2) is 0 Å². The minimum Gasteiger partial charge on any atom is -0.313 e. The SMILES string of the molecule is CCN1CCC[C@H]1Cn1cccc(C(F)(F)F)c1=O. The van der Waals surface area contributed by atoms with Crippen LogP contribution < -0.4 is 5.56 Å². The largest absolute Gasteiger partial charge is 0.421 e. The van der Waals surface area contributed by atoms with Crippen molar-refractivity contribution in [2.75, 3.05) is 13.1 Å². The predicted octanol–water partition coefficient (Wildman–Crippen LogP) is 2.35. The van der Waals surface area contributed by atoms with E-state index in [0.29, 0.717) is 6.54 Å². The minimum absolute atomic E-state index is 0.159. The molecule has 1 aliphatic rings. The van der Waals surface area contributed by atoms with E-state index in [1.165, 1.54) is 16.8 Å². The molecule has 2 heterocycles. The standard InChI is InChI=1S/C13H17F3N2O/c1-2-17-7-3-5-10(17)9-18-8-4-6-11(12(18)19)13(14,15)16/h4,6,8,10H,2-3,5,7,9H2,1H3/t10-/m0/s1. The minimum atomic E-state index is -4.58. The zero-order valence-corrected chi connectivity index (χ0v) is 10.8. The van der Waals surface area contributed by atoms with Gasteiger partial charge in [-0.2, -0.15) is 13.2 Å². The van der Waals surface area contributed by atoms with Gasteiger partial charge < -0.3 is 4.57 Å². The first kappa shape index (κ1) is 14.1. The summed E-state index contributed by atoms with van der Waals surface area (Å²) in [7, 11) is 0. The highest BCUT2D eigenvalue weighted by atomic mass is 19.4. The molecule has 106 valence electrons. The molecule has 0 aliphatic carbocycles. The Bertz CT molecular complexity index is 495. The van der Waals surface area contributed by atoms with Gasteiger partial charge in [0.25, 0.3) is 5.56 Å². The van der Waals surface area contributed by atoms with Crippen LogP contribution in [-0.4, -0.2) is 28.6 Å². The molecule has 1 aromatic rings. The van der Waals surface area contributed by atoms with Gasteiger partial charge in [-0.15, -0.1) is 0 Å². The highest BCUT2D eigenvalue weighted by Crippen LogP contribution is 2.26. The van der Waals surface area contributed by atoms with Crippen LogP contribution in [0.2, 0.25) is 0 Å². The van der Waals surface area contributed by atoms with Crippen LogP contribution in [-0.2, 0) is 12.7 Å². The van der Waals surface area contributed by atoms with Gasteiger partial charge >= 0.3 is 6.18 Å². The summed E-state index contributed by atoms with van der Waals surface area (Å²) in [5.74, 6) is 0. The molecule has 6 heteroatoms. The Balaban J connectivity index is 2.24. The first-order chi connectivity index (χ1) is 8.93. The zero-order chi connectivity index (χ0) is 14.0. The molecule has 0 N–H and O–H groups in total. The quantitative estimate of drug-likeness (QED) is 0.845. The van der Waals surface area contributed by atoms with E-state index in [1.807, 2.05) is 6.92 Å². The van der Waals surface area contributed by atoms with Crippen molar-refractivity contribution in [2.45, 2.75) is 38.5 Å². The molecular weight excluding hydrogens is 257 g/mol. The van der Waals surface area contributed by atoms with Crippen molar-refractivity contribution in [2.24, 2.45) is 0 Å². The summed E-state index contributed by atoms with van der Waals surface area (Å²) in [4.78, 5) is 14.0. The summed E-state index contributed by atoms with van der Waals surface area (Å²) in [6.45, 7) is 4.16. The van der Waals surface area contributed by atoms with Crippen LogP contribution in [0.25, 0.3) is 0 Å². The molecule has 1 saturated heterocycles. The van der Waals surface area contributed by atoms with Crippen molar-refractivity contribution in [1.82, 2.24) is 9.47 Å². The second-order valence-electron chi connectivity index (χ2n) is 4.80. The lowest BCUT2D eigenvalue weighted by Gasteiger charge is -2.23. The Hall–Kier alpha value is -1.30. The van der Waals surface area contributed by atoms with Crippen molar-refractivity contribution in [1.29, 1.82) is 0 Å². The maximum atomic E-state index is 12.7. The van der Waals surface area contributed by atoms with Gasteiger partial charge in [-0.3, -0.25) is 9.69 Å². The van der Waals surface area contributed by atoms with E-state index in [-0.39, 0.29) is 6.04 Å². The molecule has 0 unspecified atom stereocenters. The van der Waals surface area contributed by atoms with E-state index >= 15 is 0 Å². The Morgan fingerprint density at radius 1 is 1.42 bits per heavy atom. The fourth-order valence-corrected chi connectivity index (χ4v) is 2.64. The van der Waals surface area contributed by atoms with E-state index in [2.05, 4.69) is 4.90 Å². The summed E-state index contributed by atoms with van der Waals surface area (Å²) in [5, 5.41) is 0. The summed E-state index contributed by atoms with van der Waals surface area (Å²) in [6, 6.07) is 2.28. The molecule has 1 aliphatic heterocycles. The summed E-state index contributed by atoms with van der Waals surface area (Å²) >= 11 is 0.